The highest BCUT2D eigenvalue weighted by molar-refractivity contribution is 4.52. The van der Waals surface area contributed by atoms with Crippen LogP contribution in [0, 0.1) is 5.92 Å². The van der Waals surface area contributed by atoms with E-state index >= 15 is 0 Å². The van der Waals surface area contributed by atoms with Crippen molar-refractivity contribution in [1.29, 1.82) is 0 Å². The zero-order chi connectivity index (χ0) is 8.69. The van der Waals surface area contributed by atoms with Crippen LogP contribution in [0.5, 0.6) is 0 Å². The minimum atomic E-state index is 0.0498. The molecule has 0 aromatic rings. The topological polar surface area (TPSA) is 29.5 Å². The fourth-order valence-electron chi connectivity index (χ4n) is 0.770. The third-order valence-corrected chi connectivity index (χ3v) is 1.71. The van der Waals surface area contributed by atoms with Gasteiger partial charge in [0.15, 0.2) is 0 Å². The molecule has 0 aliphatic heterocycles. The highest BCUT2D eigenvalue weighted by Gasteiger charge is 2.03. The summed E-state index contributed by atoms with van der Waals surface area (Å²) in [6, 6.07) is 0. The number of aliphatic hydroxyl groups excluding tert-OH is 1. The van der Waals surface area contributed by atoms with Crippen LogP contribution in [0.1, 0.15) is 33.6 Å². The SMILES string of the molecule is CCC(CO)OCCC(C)C. The Kier molecular flexibility index (Phi) is 6.57. The Labute approximate surface area is 69.6 Å². The summed E-state index contributed by atoms with van der Waals surface area (Å²) in [7, 11) is 0. The van der Waals surface area contributed by atoms with Gasteiger partial charge in [0, 0.05) is 6.61 Å². The molecular formula is C9H20O2. The van der Waals surface area contributed by atoms with E-state index < -0.39 is 0 Å². The monoisotopic (exact) mass is 160 g/mol. The van der Waals surface area contributed by atoms with Gasteiger partial charge in [0.1, 0.15) is 0 Å². The summed E-state index contributed by atoms with van der Waals surface area (Å²) < 4.78 is 5.40. The van der Waals surface area contributed by atoms with Gasteiger partial charge in [-0.1, -0.05) is 20.8 Å². The van der Waals surface area contributed by atoms with E-state index in [0.717, 1.165) is 19.4 Å². The standard InChI is InChI=1S/C9H20O2/c1-4-9(7-10)11-6-5-8(2)3/h8-10H,4-7H2,1-3H3. The highest BCUT2D eigenvalue weighted by Crippen LogP contribution is 2.02. The fourth-order valence-corrected chi connectivity index (χ4v) is 0.770. The van der Waals surface area contributed by atoms with Crippen molar-refractivity contribution >= 4 is 0 Å². The Morgan fingerprint density at radius 1 is 1.36 bits per heavy atom. The van der Waals surface area contributed by atoms with Crippen LogP contribution >= 0.6 is 0 Å². The molecule has 0 aliphatic carbocycles. The number of hydrogen-bond acceptors (Lipinski definition) is 2. The Morgan fingerprint density at radius 2 is 2.00 bits per heavy atom. The summed E-state index contributed by atoms with van der Waals surface area (Å²) in [6.45, 7) is 7.29. The van der Waals surface area contributed by atoms with Gasteiger partial charge in [0.2, 0.25) is 0 Å². The Bertz CT molecular complexity index is 77.6. The van der Waals surface area contributed by atoms with Crippen molar-refractivity contribution in [2.24, 2.45) is 5.92 Å². The van der Waals surface area contributed by atoms with Gasteiger partial charge in [0.25, 0.3) is 0 Å². The Hall–Kier alpha value is -0.0800. The van der Waals surface area contributed by atoms with Crippen LogP contribution in [0.2, 0.25) is 0 Å². The van der Waals surface area contributed by atoms with E-state index in [0.29, 0.717) is 5.92 Å². The Morgan fingerprint density at radius 3 is 2.36 bits per heavy atom. The van der Waals surface area contributed by atoms with Gasteiger partial charge in [-0.2, -0.15) is 0 Å². The van der Waals surface area contributed by atoms with E-state index in [1.165, 1.54) is 0 Å². The zero-order valence-corrected chi connectivity index (χ0v) is 7.84. The van der Waals surface area contributed by atoms with Crippen LogP contribution in [0.25, 0.3) is 0 Å². The predicted octanol–water partition coefficient (Wildman–Crippen LogP) is 1.82. The third-order valence-electron chi connectivity index (χ3n) is 1.71. The molecule has 68 valence electrons. The highest BCUT2D eigenvalue weighted by atomic mass is 16.5. The molecule has 0 saturated carbocycles. The van der Waals surface area contributed by atoms with E-state index in [2.05, 4.69) is 13.8 Å². The molecule has 11 heavy (non-hydrogen) atoms. The first-order valence-corrected chi connectivity index (χ1v) is 4.43. The maximum atomic E-state index is 8.77. The van der Waals surface area contributed by atoms with Crippen LogP contribution < -0.4 is 0 Å². The summed E-state index contributed by atoms with van der Waals surface area (Å²) in [5.74, 6) is 0.686. The molecule has 0 aromatic heterocycles. The smallest absolute Gasteiger partial charge is 0.0803 e. The molecule has 0 aromatic carbocycles. The lowest BCUT2D eigenvalue weighted by molar-refractivity contribution is 0.00654. The van der Waals surface area contributed by atoms with Crippen LogP contribution in [0.15, 0.2) is 0 Å². The summed E-state index contributed by atoms with van der Waals surface area (Å²) >= 11 is 0. The molecule has 0 radical (unpaired) electrons. The molecule has 1 N–H and O–H groups in total. The van der Waals surface area contributed by atoms with Crippen molar-refractivity contribution in [3.05, 3.63) is 0 Å². The molecule has 0 rings (SSSR count). The Balaban J connectivity index is 3.21. The molecular weight excluding hydrogens is 140 g/mol. The van der Waals surface area contributed by atoms with Crippen LogP contribution in [0.3, 0.4) is 0 Å². The molecule has 0 aliphatic rings. The van der Waals surface area contributed by atoms with Crippen LogP contribution in [0.4, 0.5) is 0 Å². The molecule has 0 amide bonds. The van der Waals surface area contributed by atoms with Crippen molar-refractivity contribution < 1.29 is 9.84 Å². The first kappa shape index (κ1) is 10.9. The maximum Gasteiger partial charge on any atom is 0.0803 e. The third kappa shape index (κ3) is 6.32. The van der Waals surface area contributed by atoms with Gasteiger partial charge in [-0.25, -0.2) is 0 Å². The molecule has 0 saturated heterocycles. The number of hydrogen-bond donors (Lipinski definition) is 1. The van der Waals surface area contributed by atoms with Gasteiger partial charge in [0.05, 0.1) is 12.7 Å². The van der Waals surface area contributed by atoms with Gasteiger partial charge in [-0.3, -0.25) is 0 Å². The molecule has 0 fully saturated rings. The minimum absolute atomic E-state index is 0.0498. The lowest BCUT2D eigenvalue weighted by Crippen LogP contribution is -2.17. The first-order chi connectivity index (χ1) is 5.20. The van der Waals surface area contributed by atoms with Crippen LogP contribution in [-0.2, 0) is 4.74 Å². The van der Waals surface area contributed by atoms with Gasteiger partial charge < -0.3 is 9.84 Å². The molecule has 1 atom stereocenters. The van der Waals surface area contributed by atoms with Crippen molar-refractivity contribution in [2.75, 3.05) is 13.2 Å². The second kappa shape index (κ2) is 6.62. The van der Waals surface area contributed by atoms with E-state index in [-0.39, 0.29) is 12.7 Å². The first-order valence-electron chi connectivity index (χ1n) is 4.43. The van der Waals surface area contributed by atoms with Crippen molar-refractivity contribution in [1.82, 2.24) is 0 Å². The van der Waals surface area contributed by atoms with E-state index in [1.54, 1.807) is 0 Å². The molecule has 2 nitrogen and oxygen atoms in total. The number of rotatable bonds is 6. The summed E-state index contributed by atoms with van der Waals surface area (Å²) in [5.41, 5.74) is 0. The van der Waals surface area contributed by atoms with Gasteiger partial charge >= 0.3 is 0 Å². The van der Waals surface area contributed by atoms with Gasteiger partial charge in [-0.05, 0) is 18.8 Å². The molecule has 2 heteroatoms. The second-order valence-corrected chi connectivity index (χ2v) is 3.27. The quantitative estimate of drug-likeness (QED) is 0.642. The maximum absolute atomic E-state index is 8.77. The van der Waals surface area contributed by atoms with Crippen molar-refractivity contribution in [2.45, 2.75) is 39.7 Å². The average molecular weight is 160 g/mol. The lowest BCUT2D eigenvalue weighted by atomic mass is 10.1. The van der Waals surface area contributed by atoms with E-state index in [9.17, 15) is 0 Å². The molecule has 0 heterocycles. The fraction of sp³-hybridized carbons (Fsp3) is 1.00. The average Bonchev–Trinajstić information content (AvgIpc) is 1.98. The largest absolute Gasteiger partial charge is 0.394 e. The summed E-state index contributed by atoms with van der Waals surface area (Å²) in [5, 5.41) is 8.77. The van der Waals surface area contributed by atoms with Crippen molar-refractivity contribution in [3.63, 3.8) is 0 Å². The summed E-state index contributed by atoms with van der Waals surface area (Å²) in [6.07, 6.45) is 2.03. The normalized spacial score (nSPS) is 13.9. The lowest BCUT2D eigenvalue weighted by Gasteiger charge is -2.13. The second-order valence-electron chi connectivity index (χ2n) is 3.27. The predicted molar refractivity (Wildman–Crippen MR) is 46.6 cm³/mol. The van der Waals surface area contributed by atoms with Crippen LogP contribution in [-0.4, -0.2) is 24.4 Å². The van der Waals surface area contributed by atoms with Crippen molar-refractivity contribution in [3.8, 4) is 0 Å². The van der Waals surface area contributed by atoms with E-state index in [4.69, 9.17) is 9.84 Å². The number of aliphatic hydroxyl groups is 1. The zero-order valence-electron chi connectivity index (χ0n) is 7.84. The minimum Gasteiger partial charge on any atom is -0.394 e. The van der Waals surface area contributed by atoms with Gasteiger partial charge in [-0.15, -0.1) is 0 Å². The number of ether oxygens (including phenoxy) is 1. The molecule has 0 spiro atoms. The molecule has 0 bridgehead atoms. The van der Waals surface area contributed by atoms with E-state index in [1.807, 2.05) is 6.92 Å². The summed E-state index contributed by atoms with van der Waals surface area (Å²) in [4.78, 5) is 0. The molecule has 1 unspecified atom stereocenters.